The van der Waals surface area contributed by atoms with E-state index in [0.717, 1.165) is 27.8 Å². The summed E-state index contributed by atoms with van der Waals surface area (Å²) in [5.74, 6) is -1.12. The predicted octanol–water partition coefficient (Wildman–Crippen LogP) is 7.71. The number of halogens is 4. The maximum absolute atomic E-state index is 10.8. The number of aliphatic hydroxyl groups is 2. The van der Waals surface area contributed by atoms with Crippen LogP contribution in [0.1, 0.15) is 44.2 Å². The normalized spacial score (nSPS) is 17.4. The summed E-state index contributed by atoms with van der Waals surface area (Å²) in [4.78, 5) is 10.8. The number of allylic oxidation sites excluding steroid dienone is 5. The highest BCUT2D eigenvalue weighted by Crippen LogP contribution is 2.47. The summed E-state index contributed by atoms with van der Waals surface area (Å²) >= 11 is 24.9. The SMILES string of the molecule is CC1(C)CC(c2ccc(Cl)c(Cl)c2)=CC(c2ccc(Cl)c(Cl)c2)=C1/C=C/C(O)CC(O)CC(=O)O. The van der Waals surface area contributed by atoms with E-state index in [1.165, 1.54) is 0 Å². The molecular formula is C27H26Cl4O4. The number of aliphatic carboxylic acids is 1. The maximum atomic E-state index is 10.8. The average molecular weight is 556 g/mol. The van der Waals surface area contributed by atoms with E-state index < -0.39 is 24.6 Å². The molecule has 3 N–H and O–H groups in total. The van der Waals surface area contributed by atoms with Gasteiger partial charge in [-0.25, -0.2) is 0 Å². The highest BCUT2D eigenvalue weighted by molar-refractivity contribution is 6.42. The lowest BCUT2D eigenvalue weighted by Gasteiger charge is -2.34. The van der Waals surface area contributed by atoms with E-state index in [4.69, 9.17) is 51.5 Å². The number of hydrogen-bond acceptors (Lipinski definition) is 3. The summed E-state index contributed by atoms with van der Waals surface area (Å²) in [5.41, 5.74) is 4.36. The molecule has 0 amide bonds. The van der Waals surface area contributed by atoms with Gasteiger partial charge >= 0.3 is 5.97 Å². The molecule has 2 aromatic carbocycles. The zero-order chi connectivity index (χ0) is 25.9. The third-order valence-corrected chi connectivity index (χ3v) is 7.38. The van der Waals surface area contributed by atoms with Gasteiger partial charge in [0.15, 0.2) is 0 Å². The Labute approximate surface area is 225 Å². The smallest absolute Gasteiger partial charge is 0.305 e. The molecule has 0 aromatic heterocycles. The fourth-order valence-electron chi connectivity index (χ4n) is 4.19. The minimum atomic E-state index is -1.14. The fourth-order valence-corrected chi connectivity index (χ4v) is 4.78. The predicted molar refractivity (Wildman–Crippen MR) is 144 cm³/mol. The average Bonchev–Trinajstić information content (AvgIpc) is 2.75. The molecule has 0 aliphatic heterocycles. The van der Waals surface area contributed by atoms with Crippen molar-refractivity contribution in [1.29, 1.82) is 0 Å². The Kier molecular flexibility index (Phi) is 9.14. The topological polar surface area (TPSA) is 77.8 Å². The molecule has 0 radical (unpaired) electrons. The number of carboxylic acids is 1. The zero-order valence-corrected chi connectivity index (χ0v) is 22.3. The molecule has 186 valence electrons. The first kappa shape index (κ1) is 27.8. The van der Waals surface area contributed by atoms with Crippen LogP contribution in [0.15, 0.2) is 60.2 Å². The van der Waals surface area contributed by atoms with Crippen molar-refractivity contribution in [2.45, 2.75) is 45.3 Å². The molecule has 4 nitrogen and oxygen atoms in total. The third-order valence-electron chi connectivity index (χ3n) is 5.90. The number of carbonyl (C=O) groups is 1. The summed E-state index contributed by atoms with van der Waals surface area (Å²) in [6.45, 7) is 4.20. The van der Waals surface area contributed by atoms with Crippen LogP contribution in [0.3, 0.4) is 0 Å². The van der Waals surface area contributed by atoms with Crippen molar-refractivity contribution in [3.05, 3.63) is 91.4 Å². The van der Waals surface area contributed by atoms with E-state index in [-0.39, 0.29) is 11.8 Å². The van der Waals surface area contributed by atoms with Gasteiger partial charge in [0.25, 0.3) is 0 Å². The molecule has 0 heterocycles. The second kappa shape index (κ2) is 11.5. The van der Waals surface area contributed by atoms with Gasteiger partial charge in [0.1, 0.15) is 0 Å². The minimum Gasteiger partial charge on any atom is -0.481 e. The standard InChI is InChI=1S/C27H26Cl4O4/c1-27(2)14-17(15-3-7-22(28)24(30)10-15)9-20(16-4-8-23(29)25(31)11-16)21(27)6-5-18(32)12-19(33)13-26(34)35/h3-11,18-19,32-33H,12-14H2,1-2H3,(H,34,35)/b6-5+. The molecule has 8 heteroatoms. The van der Waals surface area contributed by atoms with E-state index in [1.807, 2.05) is 24.3 Å². The van der Waals surface area contributed by atoms with E-state index >= 15 is 0 Å². The Balaban J connectivity index is 2.09. The minimum absolute atomic E-state index is 0.0804. The second-order valence-electron chi connectivity index (χ2n) is 9.23. The molecule has 3 rings (SSSR count). The van der Waals surface area contributed by atoms with Crippen LogP contribution in [0.25, 0.3) is 11.1 Å². The zero-order valence-electron chi connectivity index (χ0n) is 19.2. The van der Waals surface area contributed by atoms with Crippen LogP contribution in [-0.4, -0.2) is 33.5 Å². The number of hydrogen-bond donors (Lipinski definition) is 3. The quantitative estimate of drug-likeness (QED) is 0.311. The van der Waals surface area contributed by atoms with Crippen LogP contribution in [0, 0.1) is 5.41 Å². The molecule has 0 spiro atoms. The van der Waals surface area contributed by atoms with Crippen molar-refractivity contribution in [2.24, 2.45) is 5.41 Å². The molecule has 2 unspecified atom stereocenters. The van der Waals surface area contributed by atoms with Crippen molar-refractivity contribution >= 4 is 63.5 Å². The highest BCUT2D eigenvalue weighted by atomic mass is 35.5. The molecule has 0 saturated carbocycles. The van der Waals surface area contributed by atoms with Crippen LogP contribution >= 0.6 is 46.4 Å². The van der Waals surface area contributed by atoms with E-state index in [9.17, 15) is 15.0 Å². The summed E-state index contributed by atoms with van der Waals surface area (Å²) in [6, 6.07) is 11.0. The molecule has 0 saturated heterocycles. The van der Waals surface area contributed by atoms with Crippen molar-refractivity contribution in [2.75, 3.05) is 0 Å². The van der Waals surface area contributed by atoms with Gasteiger partial charge in [-0.2, -0.15) is 0 Å². The van der Waals surface area contributed by atoms with Crippen LogP contribution in [0.5, 0.6) is 0 Å². The van der Waals surface area contributed by atoms with Crippen LogP contribution in [-0.2, 0) is 4.79 Å². The van der Waals surface area contributed by atoms with E-state index in [2.05, 4.69) is 19.9 Å². The molecule has 0 fully saturated rings. The van der Waals surface area contributed by atoms with Crippen molar-refractivity contribution in [3.63, 3.8) is 0 Å². The van der Waals surface area contributed by atoms with Crippen LogP contribution < -0.4 is 0 Å². The molecular weight excluding hydrogens is 530 g/mol. The number of carboxylic acid groups (broad SMARTS) is 1. The fraction of sp³-hybridized carbons (Fsp3) is 0.296. The monoisotopic (exact) mass is 554 g/mol. The van der Waals surface area contributed by atoms with Crippen molar-refractivity contribution in [3.8, 4) is 0 Å². The Hall–Kier alpha value is -1.79. The lowest BCUT2D eigenvalue weighted by atomic mass is 9.70. The molecule has 2 aromatic rings. The van der Waals surface area contributed by atoms with Crippen LogP contribution in [0.4, 0.5) is 0 Å². The number of rotatable bonds is 8. The summed E-state index contributed by atoms with van der Waals surface area (Å²) in [6.07, 6.45) is 3.50. The number of aliphatic hydroxyl groups excluding tert-OH is 2. The lowest BCUT2D eigenvalue weighted by Crippen LogP contribution is -2.21. The maximum Gasteiger partial charge on any atom is 0.305 e. The molecule has 0 bridgehead atoms. The van der Waals surface area contributed by atoms with Crippen molar-refractivity contribution < 1.29 is 20.1 Å². The first-order valence-electron chi connectivity index (χ1n) is 11.0. The summed E-state index contributed by atoms with van der Waals surface area (Å²) in [7, 11) is 0. The third kappa shape index (κ3) is 7.13. The Bertz CT molecular complexity index is 1210. The summed E-state index contributed by atoms with van der Waals surface area (Å²) < 4.78 is 0. The van der Waals surface area contributed by atoms with Gasteiger partial charge in [-0.05, 0) is 63.9 Å². The van der Waals surface area contributed by atoms with Gasteiger partial charge in [-0.1, -0.05) is 90.6 Å². The lowest BCUT2D eigenvalue weighted by molar-refractivity contribution is -0.139. The first-order valence-corrected chi connectivity index (χ1v) is 12.5. The second-order valence-corrected chi connectivity index (χ2v) is 10.9. The van der Waals surface area contributed by atoms with Crippen molar-refractivity contribution in [1.82, 2.24) is 0 Å². The first-order chi connectivity index (χ1) is 16.4. The van der Waals surface area contributed by atoms with Gasteiger partial charge in [0, 0.05) is 6.42 Å². The molecule has 2 atom stereocenters. The van der Waals surface area contributed by atoms with Gasteiger partial charge in [-0.15, -0.1) is 0 Å². The van der Waals surface area contributed by atoms with Gasteiger partial charge in [-0.3, -0.25) is 4.79 Å². The van der Waals surface area contributed by atoms with Crippen LogP contribution in [0.2, 0.25) is 20.1 Å². The highest BCUT2D eigenvalue weighted by Gasteiger charge is 2.31. The largest absolute Gasteiger partial charge is 0.481 e. The number of benzene rings is 2. The van der Waals surface area contributed by atoms with Gasteiger partial charge in [0.05, 0.1) is 38.7 Å². The Morgan fingerprint density at radius 3 is 2.11 bits per heavy atom. The van der Waals surface area contributed by atoms with E-state index in [1.54, 1.807) is 24.3 Å². The molecule has 1 aliphatic carbocycles. The molecule has 1 aliphatic rings. The van der Waals surface area contributed by atoms with Gasteiger partial charge in [0.2, 0.25) is 0 Å². The Morgan fingerprint density at radius 1 is 0.971 bits per heavy atom. The van der Waals surface area contributed by atoms with Gasteiger partial charge < -0.3 is 15.3 Å². The van der Waals surface area contributed by atoms with E-state index in [0.29, 0.717) is 26.5 Å². The molecule has 35 heavy (non-hydrogen) atoms. The summed E-state index contributed by atoms with van der Waals surface area (Å²) in [5, 5.41) is 30.9. The Morgan fingerprint density at radius 2 is 1.54 bits per heavy atom.